The summed E-state index contributed by atoms with van der Waals surface area (Å²) in [6.07, 6.45) is 0.748. The molecule has 0 saturated carbocycles. The summed E-state index contributed by atoms with van der Waals surface area (Å²) in [5.74, 6) is 0.589. The van der Waals surface area contributed by atoms with Crippen LogP contribution in [0.4, 0.5) is 0 Å². The third-order valence-corrected chi connectivity index (χ3v) is 4.87. The minimum Gasteiger partial charge on any atom is -0.497 e. The highest BCUT2D eigenvalue weighted by atomic mass is 16.5. The summed E-state index contributed by atoms with van der Waals surface area (Å²) in [5.41, 5.74) is 1.88. The van der Waals surface area contributed by atoms with Crippen LogP contribution in [0.2, 0.25) is 0 Å². The fraction of sp³-hybridized carbons (Fsp3) is 0.286. The Morgan fingerprint density at radius 2 is 1.88 bits per heavy atom. The van der Waals surface area contributed by atoms with Crippen molar-refractivity contribution in [2.24, 2.45) is 0 Å². The number of aromatic amines is 1. The number of carbonyl (C=O) groups excluding carboxylic acids is 1. The number of amides is 1. The maximum atomic E-state index is 12.6. The molecule has 0 aliphatic carbocycles. The van der Waals surface area contributed by atoms with Gasteiger partial charge in [0.05, 0.1) is 13.7 Å². The molecule has 3 aromatic rings. The van der Waals surface area contributed by atoms with Gasteiger partial charge >= 0.3 is 0 Å². The number of fused-ring (bicyclic) bond motifs is 1. The molecule has 0 aliphatic rings. The highest BCUT2D eigenvalue weighted by molar-refractivity contribution is 5.98. The number of aromatic nitrogens is 1. The van der Waals surface area contributed by atoms with Gasteiger partial charge in [-0.3, -0.25) is 4.79 Å². The summed E-state index contributed by atoms with van der Waals surface area (Å²) < 4.78 is 11.0. The van der Waals surface area contributed by atoms with Gasteiger partial charge in [-0.05, 0) is 30.2 Å². The Balaban J connectivity index is 1.78. The van der Waals surface area contributed by atoms with E-state index in [2.05, 4.69) is 17.2 Å². The molecule has 136 valence electrons. The molecule has 26 heavy (non-hydrogen) atoms. The lowest BCUT2D eigenvalue weighted by molar-refractivity contribution is -0.0164. The zero-order valence-corrected chi connectivity index (χ0v) is 15.3. The fourth-order valence-corrected chi connectivity index (χ4v) is 3.18. The van der Waals surface area contributed by atoms with Crippen LogP contribution < -0.4 is 10.1 Å². The van der Waals surface area contributed by atoms with Gasteiger partial charge in [-0.1, -0.05) is 37.3 Å². The van der Waals surface area contributed by atoms with Gasteiger partial charge in [0, 0.05) is 24.1 Å². The number of ether oxygens (including phenoxy) is 2. The van der Waals surface area contributed by atoms with E-state index < -0.39 is 5.60 Å². The Bertz CT molecular complexity index is 883. The number of carbonyl (C=O) groups is 1. The van der Waals surface area contributed by atoms with E-state index in [4.69, 9.17) is 9.47 Å². The number of rotatable bonds is 7. The largest absolute Gasteiger partial charge is 0.497 e. The van der Waals surface area contributed by atoms with E-state index in [-0.39, 0.29) is 5.91 Å². The number of H-pyrrole nitrogens is 1. The van der Waals surface area contributed by atoms with Gasteiger partial charge in [0.15, 0.2) is 0 Å². The highest BCUT2D eigenvalue weighted by Crippen LogP contribution is 2.28. The topological polar surface area (TPSA) is 63.3 Å². The number of benzene rings is 2. The van der Waals surface area contributed by atoms with Crippen LogP contribution in [-0.2, 0) is 10.3 Å². The summed E-state index contributed by atoms with van der Waals surface area (Å²) in [5, 5.41) is 3.97. The highest BCUT2D eigenvalue weighted by Gasteiger charge is 2.30. The Kier molecular flexibility index (Phi) is 5.28. The Hall–Kier alpha value is -2.79. The summed E-state index contributed by atoms with van der Waals surface area (Å²) in [6, 6.07) is 17.5. The van der Waals surface area contributed by atoms with Crippen molar-refractivity contribution in [3.63, 3.8) is 0 Å². The molecule has 1 aromatic heterocycles. The average Bonchev–Trinajstić information content (AvgIpc) is 3.13. The van der Waals surface area contributed by atoms with Crippen LogP contribution in [0, 0.1) is 0 Å². The van der Waals surface area contributed by atoms with Crippen molar-refractivity contribution >= 4 is 16.8 Å². The standard InChI is InChI=1S/C21H24N2O3/c1-4-21(26-3,16-8-6-5-7-9-16)14-22-20(24)19-12-15-10-11-17(25-2)13-18(15)23-19/h5-13,23H,4,14H2,1-3H3,(H,22,24). The third-order valence-electron chi connectivity index (χ3n) is 4.87. The second-order valence-electron chi connectivity index (χ2n) is 6.24. The van der Waals surface area contributed by atoms with Crippen LogP contribution in [0.5, 0.6) is 5.75 Å². The van der Waals surface area contributed by atoms with Gasteiger partial charge in [-0.25, -0.2) is 0 Å². The van der Waals surface area contributed by atoms with Gasteiger partial charge < -0.3 is 19.8 Å². The molecule has 1 unspecified atom stereocenters. The first kappa shape index (κ1) is 18.0. The van der Waals surface area contributed by atoms with E-state index in [1.54, 1.807) is 14.2 Å². The van der Waals surface area contributed by atoms with Crippen LogP contribution >= 0.6 is 0 Å². The zero-order chi connectivity index (χ0) is 18.6. The molecule has 1 atom stereocenters. The third kappa shape index (κ3) is 3.44. The molecule has 5 heteroatoms. The zero-order valence-electron chi connectivity index (χ0n) is 15.3. The molecular weight excluding hydrogens is 328 g/mol. The predicted octanol–water partition coefficient (Wildman–Crippen LogP) is 3.86. The maximum Gasteiger partial charge on any atom is 0.267 e. The van der Waals surface area contributed by atoms with Crippen molar-refractivity contribution in [3.8, 4) is 5.75 Å². The number of hydrogen-bond acceptors (Lipinski definition) is 3. The van der Waals surface area contributed by atoms with E-state index in [1.165, 1.54) is 0 Å². The van der Waals surface area contributed by atoms with Crippen LogP contribution in [0.15, 0.2) is 54.6 Å². The van der Waals surface area contributed by atoms with Gasteiger partial charge in [0.25, 0.3) is 5.91 Å². The minimum atomic E-state index is -0.549. The average molecular weight is 352 g/mol. The minimum absolute atomic E-state index is 0.161. The Morgan fingerprint density at radius 3 is 2.54 bits per heavy atom. The fourth-order valence-electron chi connectivity index (χ4n) is 3.18. The lowest BCUT2D eigenvalue weighted by atomic mass is 9.90. The molecule has 0 aliphatic heterocycles. The number of nitrogens with one attached hydrogen (secondary N) is 2. The van der Waals surface area contributed by atoms with Crippen molar-refractivity contribution < 1.29 is 14.3 Å². The van der Waals surface area contributed by atoms with Crippen LogP contribution in [0.1, 0.15) is 29.4 Å². The second kappa shape index (κ2) is 7.62. The van der Waals surface area contributed by atoms with Crippen molar-refractivity contribution in [1.82, 2.24) is 10.3 Å². The SMILES string of the molecule is CCC(CNC(=O)c1cc2ccc(OC)cc2[nH]1)(OC)c1ccccc1. The summed E-state index contributed by atoms with van der Waals surface area (Å²) in [6.45, 7) is 2.44. The molecule has 0 radical (unpaired) electrons. The van der Waals surface area contributed by atoms with Crippen molar-refractivity contribution in [3.05, 3.63) is 65.9 Å². The molecule has 1 amide bonds. The Labute approximate surface area is 153 Å². The first-order chi connectivity index (χ1) is 12.6. The first-order valence-corrected chi connectivity index (χ1v) is 8.67. The molecule has 0 saturated heterocycles. The normalized spacial score (nSPS) is 13.3. The lowest BCUT2D eigenvalue weighted by Gasteiger charge is -2.32. The molecule has 2 aromatic carbocycles. The van der Waals surface area contributed by atoms with Gasteiger partial charge in [0.2, 0.25) is 0 Å². The van der Waals surface area contributed by atoms with E-state index in [9.17, 15) is 4.79 Å². The smallest absolute Gasteiger partial charge is 0.267 e. The second-order valence-corrected chi connectivity index (χ2v) is 6.24. The molecule has 1 heterocycles. The van der Waals surface area contributed by atoms with E-state index >= 15 is 0 Å². The number of methoxy groups -OCH3 is 2. The number of hydrogen-bond donors (Lipinski definition) is 2. The van der Waals surface area contributed by atoms with Gasteiger partial charge in [-0.15, -0.1) is 0 Å². The molecule has 2 N–H and O–H groups in total. The van der Waals surface area contributed by atoms with Gasteiger partial charge in [-0.2, -0.15) is 0 Å². The Morgan fingerprint density at radius 1 is 1.12 bits per heavy atom. The maximum absolute atomic E-state index is 12.6. The van der Waals surface area contributed by atoms with Crippen molar-refractivity contribution in [1.29, 1.82) is 0 Å². The van der Waals surface area contributed by atoms with Crippen LogP contribution in [0.3, 0.4) is 0 Å². The molecular formula is C21H24N2O3. The molecule has 0 fully saturated rings. The van der Waals surface area contributed by atoms with Crippen molar-refractivity contribution in [2.75, 3.05) is 20.8 Å². The summed E-state index contributed by atoms with van der Waals surface area (Å²) >= 11 is 0. The summed E-state index contributed by atoms with van der Waals surface area (Å²) in [4.78, 5) is 15.8. The summed E-state index contributed by atoms with van der Waals surface area (Å²) in [7, 11) is 3.30. The molecule has 0 bridgehead atoms. The van der Waals surface area contributed by atoms with Crippen LogP contribution in [0.25, 0.3) is 10.9 Å². The molecule has 3 rings (SSSR count). The lowest BCUT2D eigenvalue weighted by Crippen LogP contribution is -2.42. The van der Waals surface area contributed by atoms with Crippen LogP contribution in [-0.4, -0.2) is 31.7 Å². The van der Waals surface area contributed by atoms with E-state index in [0.29, 0.717) is 12.2 Å². The predicted molar refractivity (Wildman–Crippen MR) is 103 cm³/mol. The van der Waals surface area contributed by atoms with E-state index in [1.807, 2.05) is 54.6 Å². The monoisotopic (exact) mass is 352 g/mol. The quantitative estimate of drug-likeness (QED) is 0.679. The van der Waals surface area contributed by atoms with E-state index in [0.717, 1.165) is 28.6 Å². The molecule has 5 nitrogen and oxygen atoms in total. The van der Waals surface area contributed by atoms with Gasteiger partial charge in [0.1, 0.15) is 17.0 Å². The first-order valence-electron chi connectivity index (χ1n) is 8.67. The van der Waals surface area contributed by atoms with Crippen molar-refractivity contribution in [2.45, 2.75) is 18.9 Å². The molecule has 0 spiro atoms.